The number of hydrogen-bond donors (Lipinski definition) is 0. The first-order valence-corrected chi connectivity index (χ1v) is 5.23. The number of rotatable bonds is 3. The molecule has 1 rings (SSSR count). The van der Waals surface area contributed by atoms with E-state index in [9.17, 15) is 4.79 Å². The van der Waals surface area contributed by atoms with Crippen LogP contribution in [0.2, 0.25) is 0 Å². The van der Waals surface area contributed by atoms with Crippen molar-refractivity contribution in [3.05, 3.63) is 35.9 Å². The maximum absolute atomic E-state index is 11.2. The first-order valence-electron chi connectivity index (χ1n) is 4.06. The molecule has 0 amide bonds. The summed E-state index contributed by atoms with van der Waals surface area (Å²) < 4.78 is 3.41. The summed E-state index contributed by atoms with van der Waals surface area (Å²) in [5.74, 6) is -0.483. The van der Waals surface area contributed by atoms with E-state index in [1.165, 1.54) is 7.11 Å². The van der Waals surface area contributed by atoms with Crippen LogP contribution in [0.1, 0.15) is 5.56 Å². The molecule has 1 aromatic rings. The fraction of sp³-hybridized carbons (Fsp3) is 0.300. The smallest absolute Gasteiger partial charge is 0.338 e. The molecule has 0 bridgehead atoms. The van der Waals surface area contributed by atoms with Crippen LogP contribution in [0.4, 0.5) is 0 Å². The second-order valence-corrected chi connectivity index (χ2v) is 5.31. The number of esters is 1. The average molecular weight is 278 g/mol. The fourth-order valence-corrected chi connectivity index (χ4v) is 1.79. The van der Waals surface area contributed by atoms with E-state index in [0.717, 1.165) is 5.56 Å². The van der Waals surface area contributed by atoms with Crippen molar-refractivity contribution in [2.45, 2.75) is 10.2 Å². The molecule has 1 aromatic carbocycles. The molecule has 14 heavy (non-hydrogen) atoms. The molecule has 0 N–H and O–H groups in total. The maximum Gasteiger partial charge on any atom is 0.338 e. The van der Waals surface area contributed by atoms with Crippen LogP contribution >= 0.6 is 27.5 Å². The van der Waals surface area contributed by atoms with Gasteiger partial charge < -0.3 is 4.74 Å². The summed E-state index contributed by atoms with van der Waals surface area (Å²) in [6.07, 6.45) is 0.391. The summed E-state index contributed by atoms with van der Waals surface area (Å²) in [5, 5.41) is 0. The van der Waals surface area contributed by atoms with Crippen LogP contribution in [0.25, 0.3) is 0 Å². The highest BCUT2D eigenvalue weighted by atomic mass is 79.9. The third-order valence-electron chi connectivity index (χ3n) is 1.75. The van der Waals surface area contributed by atoms with E-state index < -0.39 is 9.75 Å². The quantitative estimate of drug-likeness (QED) is 0.627. The number of benzene rings is 1. The van der Waals surface area contributed by atoms with Gasteiger partial charge in [-0.1, -0.05) is 57.9 Å². The van der Waals surface area contributed by atoms with Gasteiger partial charge in [-0.25, -0.2) is 4.79 Å². The normalized spacial score (nSPS) is 14.5. The monoisotopic (exact) mass is 276 g/mol. The lowest BCUT2D eigenvalue weighted by atomic mass is 10.1. The molecule has 0 aliphatic carbocycles. The minimum Gasteiger partial charge on any atom is -0.467 e. The van der Waals surface area contributed by atoms with Crippen molar-refractivity contribution in [3.8, 4) is 0 Å². The molecule has 0 heterocycles. The van der Waals surface area contributed by atoms with Gasteiger partial charge in [-0.3, -0.25) is 0 Å². The van der Waals surface area contributed by atoms with E-state index in [2.05, 4.69) is 20.7 Å². The third-order valence-corrected chi connectivity index (χ3v) is 2.65. The van der Waals surface area contributed by atoms with Gasteiger partial charge in [0.05, 0.1) is 7.11 Å². The van der Waals surface area contributed by atoms with E-state index in [1.807, 2.05) is 30.3 Å². The van der Waals surface area contributed by atoms with Crippen molar-refractivity contribution < 1.29 is 9.53 Å². The van der Waals surface area contributed by atoms with Crippen molar-refractivity contribution in [3.63, 3.8) is 0 Å². The van der Waals surface area contributed by atoms with Crippen LogP contribution in [0, 0.1) is 0 Å². The zero-order valence-electron chi connectivity index (χ0n) is 7.67. The van der Waals surface area contributed by atoms with Gasteiger partial charge >= 0.3 is 5.97 Å². The van der Waals surface area contributed by atoms with Gasteiger partial charge in [-0.05, 0) is 5.56 Å². The SMILES string of the molecule is COC(=O)C(Cl)(Br)Cc1ccccc1. The Morgan fingerprint density at radius 1 is 1.50 bits per heavy atom. The van der Waals surface area contributed by atoms with Crippen molar-refractivity contribution in [2.24, 2.45) is 0 Å². The minimum atomic E-state index is -1.16. The van der Waals surface area contributed by atoms with Crippen molar-refractivity contribution in [2.75, 3.05) is 7.11 Å². The molecule has 0 radical (unpaired) electrons. The van der Waals surface area contributed by atoms with Crippen molar-refractivity contribution >= 4 is 33.5 Å². The molecule has 1 atom stereocenters. The average Bonchev–Trinajstić information content (AvgIpc) is 2.17. The molecule has 0 aliphatic heterocycles. The second-order valence-electron chi connectivity index (χ2n) is 2.86. The molecular formula is C10H10BrClO2. The van der Waals surface area contributed by atoms with Gasteiger partial charge in [-0.15, -0.1) is 0 Å². The van der Waals surface area contributed by atoms with Crippen LogP contribution in [-0.2, 0) is 16.0 Å². The Balaban J connectivity index is 2.73. The van der Waals surface area contributed by atoms with Crippen LogP contribution in [0.3, 0.4) is 0 Å². The van der Waals surface area contributed by atoms with Gasteiger partial charge in [0.2, 0.25) is 0 Å². The number of ether oxygens (including phenoxy) is 1. The van der Waals surface area contributed by atoms with E-state index in [0.29, 0.717) is 6.42 Å². The first-order chi connectivity index (χ1) is 6.56. The van der Waals surface area contributed by atoms with E-state index in [-0.39, 0.29) is 0 Å². The first kappa shape index (κ1) is 11.5. The molecule has 76 valence electrons. The summed E-state index contributed by atoms with van der Waals surface area (Å²) in [7, 11) is 1.31. The lowest BCUT2D eigenvalue weighted by Crippen LogP contribution is -2.29. The maximum atomic E-state index is 11.2. The molecule has 1 unspecified atom stereocenters. The second kappa shape index (κ2) is 4.80. The molecule has 0 aromatic heterocycles. The molecule has 0 saturated heterocycles. The molecule has 2 nitrogen and oxygen atoms in total. The predicted molar refractivity (Wildman–Crippen MR) is 59.7 cm³/mol. The highest BCUT2D eigenvalue weighted by Gasteiger charge is 2.34. The highest BCUT2D eigenvalue weighted by molar-refractivity contribution is 9.10. The molecule has 0 spiro atoms. The van der Waals surface area contributed by atoms with Gasteiger partial charge in [0.15, 0.2) is 3.78 Å². The Hall–Kier alpha value is -0.540. The predicted octanol–water partition coefficient (Wildman–Crippen LogP) is 2.73. The lowest BCUT2D eigenvalue weighted by Gasteiger charge is -2.16. The van der Waals surface area contributed by atoms with Crippen LogP contribution in [0.5, 0.6) is 0 Å². The van der Waals surface area contributed by atoms with Gasteiger partial charge in [0.25, 0.3) is 0 Å². The van der Waals surface area contributed by atoms with E-state index >= 15 is 0 Å². The molecule has 0 fully saturated rings. The Morgan fingerprint density at radius 3 is 2.57 bits per heavy atom. The number of hydrogen-bond acceptors (Lipinski definition) is 2. The topological polar surface area (TPSA) is 26.3 Å². The summed E-state index contributed by atoms with van der Waals surface area (Å²) in [6, 6.07) is 9.51. The van der Waals surface area contributed by atoms with E-state index in [1.54, 1.807) is 0 Å². The van der Waals surface area contributed by atoms with Crippen LogP contribution in [-0.4, -0.2) is 16.9 Å². The fourth-order valence-electron chi connectivity index (χ4n) is 1.07. The number of carbonyl (C=O) groups is 1. The summed E-state index contributed by atoms with van der Waals surface area (Å²) >= 11 is 9.10. The van der Waals surface area contributed by atoms with Crippen molar-refractivity contribution in [1.82, 2.24) is 0 Å². The van der Waals surface area contributed by atoms with Crippen LogP contribution < -0.4 is 0 Å². The molecule has 0 aliphatic rings. The zero-order valence-corrected chi connectivity index (χ0v) is 10.0. The summed E-state index contributed by atoms with van der Waals surface area (Å²) in [6.45, 7) is 0. The molecule has 4 heteroatoms. The number of methoxy groups -OCH3 is 1. The minimum absolute atomic E-state index is 0.391. The zero-order chi connectivity index (χ0) is 10.6. The standard InChI is InChI=1S/C10H10BrClO2/c1-14-9(13)10(11,12)7-8-5-3-2-4-6-8/h2-6H,7H2,1H3. The van der Waals surface area contributed by atoms with E-state index in [4.69, 9.17) is 11.6 Å². The molecular weight excluding hydrogens is 267 g/mol. The number of carbonyl (C=O) groups excluding carboxylic acids is 1. The summed E-state index contributed by atoms with van der Waals surface area (Å²) in [4.78, 5) is 11.2. The summed E-state index contributed by atoms with van der Waals surface area (Å²) in [5.41, 5.74) is 0.977. The van der Waals surface area contributed by atoms with Gasteiger partial charge in [0.1, 0.15) is 0 Å². The third kappa shape index (κ3) is 3.00. The number of halogens is 2. The lowest BCUT2D eigenvalue weighted by molar-refractivity contribution is -0.140. The Labute approximate surface area is 96.3 Å². The van der Waals surface area contributed by atoms with Crippen molar-refractivity contribution in [1.29, 1.82) is 0 Å². The van der Waals surface area contributed by atoms with Crippen LogP contribution in [0.15, 0.2) is 30.3 Å². The van der Waals surface area contributed by atoms with Gasteiger partial charge in [-0.2, -0.15) is 0 Å². The number of alkyl halides is 2. The Kier molecular flexibility index (Phi) is 3.96. The van der Waals surface area contributed by atoms with Gasteiger partial charge in [0, 0.05) is 6.42 Å². The largest absolute Gasteiger partial charge is 0.467 e. The molecule has 0 saturated carbocycles. The highest BCUT2D eigenvalue weighted by Crippen LogP contribution is 2.29. The Morgan fingerprint density at radius 2 is 2.07 bits per heavy atom. The Bertz CT molecular complexity index is 311.